The molecule has 2 aliphatic heterocycles. The number of ether oxygens (including phenoxy) is 1. The first-order valence-electron chi connectivity index (χ1n) is 12.8. The third kappa shape index (κ3) is 8.32. The molecule has 4 amide bonds. The number of alkyl halides is 3. The van der Waals surface area contributed by atoms with Crippen LogP contribution in [0.25, 0.3) is 0 Å². The Morgan fingerprint density at radius 2 is 1.85 bits per heavy atom. The van der Waals surface area contributed by atoms with Crippen LogP contribution in [0.1, 0.15) is 45.6 Å². The van der Waals surface area contributed by atoms with E-state index in [1.165, 1.54) is 0 Å². The van der Waals surface area contributed by atoms with Crippen molar-refractivity contribution in [2.75, 3.05) is 13.1 Å². The first-order valence-corrected chi connectivity index (χ1v) is 12.8. The van der Waals surface area contributed by atoms with Gasteiger partial charge in [0.05, 0.1) is 12.0 Å². The van der Waals surface area contributed by atoms with Gasteiger partial charge in [-0.2, -0.15) is 13.2 Å². The molecule has 5 atom stereocenters. The molecule has 0 bridgehead atoms. The number of benzene rings is 1. The smallest absolute Gasteiger partial charge is 0.410 e. The summed E-state index contributed by atoms with van der Waals surface area (Å²) in [6, 6.07) is 6.01. The van der Waals surface area contributed by atoms with Crippen molar-refractivity contribution in [2.24, 2.45) is 11.8 Å². The molecular weight excluding hydrogens is 521 g/mol. The van der Waals surface area contributed by atoms with Crippen LogP contribution in [-0.2, 0) is 25.7 Å². The summed E-state index contributed by atoms with van der Waals surface area (Å²) in [5.41, 5.74) is -0.259. The van der Waals surface area contributed by atoms with Crippen molar-refractivity contribution in [3.05, 3.63) is 35.9 Å². The Labute approximate surface area is 224 Å². The van der Waals surface area contributed by atoms with E-state index in [0.29, 0.717) is 13.0 Å². The van der Waals surface area contributed by atoms with Crippen LogP contribution in [0.3, 0.4) is 0 Å². The van der Waals surface area contributed by atoms with E-state index in [1.54, 1.807) is 51.1 Å². The maximum Gasteiger partial charge on any atom is 0.410 e. The third-order valence-electron chi connectivity index (χ3n) is 6.68. The lowest BCUT2D eigenvalue weighted by Crippen LogP contribution is -2.56. The molecule has 0 radical (unpaired) electrons. The number of hydrogen-bond acceptors (Lipinski definition) is 6. The minimum Gasteiger partial charge on any atom is -0.444 e. The zero-order chi connectivity index (χ0) is 29.0. The molecule has 3 rings (SSSR count). The Hall–Kier alpha value is -3.35. The van der Waals surface area contributed by atoms with Crippen LogP contribution >= 0.6 is 0 Å². The highest BCUT2D eigenvalue weighted by molar-refractivity contribution is 5.88. The van der Waals surface area contributed by atoms with Gasteiger partial charge in [-0.15, -0.1) is 0 Å². The number of hydrogen-bond donors (Lipinski definition) is 4. The molecule has 4 N–H and O–H groups in total. The van der Waals surface area contributed by atoms with E-state index in [2.05, 4.69) is 16.0 Å². The van der Waals surface area contributed by atoms with Crippen molar-refractivity contribution in [3.8, 4) is 0 Å². The quantitative estimate of drug-likeness (QED) is 0.386. The maximum atomic E-state index is 13.6. The number of amides is 4. The van der Waals surface area contributed by atoms with Gasteiger partial charge in [0.15, 0.2) is 6.10 Å². The fraction of sp³-hybridized carbons (Fsp3) is 0.615. The summed E-state index contributed by atoms with van der Waals surface area (Å²) >= 11 is 0. The van der Waals surface area contributed by atoms with Crippen molar-refractivity contribution < 1.29 is 42.2 Å². The Kier molecular flexibility index (Phi) is 9.47. The molecule has 1 aromatic carbocycles. The molecule has 2 aliphatic rings. The fourth-order valence-electron chi connectivity index (χ4n) is 4.64. The Morgan fingerprint density at radius 1 is 1.18 bits per heavy atom. The van der Waals surface area contributed by atoms with Crippen LogP contribution in [0.2, 0.25) is 0 Å². The predicted octanol–water partition coefficient (Wildman–Crippen LogP) is 1.86. The third-order valence-corrected chi connectivity index (χ3v) is 6.68. The maximum absolute atomic E-state index is 13.6. The van der Waals surface area contributed by atoms with Crippen LogP contribution in [0, 0.1) is 11.8 Å². The van der Waals surface area contributed by atoms with E-state index in [4.69, 9.17) is 4.74 Å². The summed E-state index contributed by atoms with van der Waals surface area (Å²) in [5, 5.41) is 18.5. The Balaban J connectivity index is 1.78. The normalized spacial score (nSPS) is 23.1. The largest absolute Gasteiger partial charge is 0.444 e. The van der Waals surface area contributed by atoms with Crippen molar-refractivity contribution in [3.63, 3.8) is 0 Å². The van der Waals surface area contributed by atoms with Gasteiger partial charge in [0.2, 0.25) is 11.8 Å². The van der Waals surface area contributed by atoms with Crippen LogP contribution in [-0.4, -0.2) is 76.9 Å². The zero-order valence-electron chi connectivity index (χ0n) is 22.1. The highest BCUT2D eigenvalue weighted by Gasteiger charge is 2.52. The van der Waals surface area contributed by atoms with Gasteiger partial charge in [0, 0.05) is 25.6 Å². The molecule has 10 nitrogen and oxygen atoms in total. The predicted molar refractivity (Wildman–Crippen MR) is 133 cm³/mol. The summed E-state index contributed by atoms with van der Waals surface area (Å²) in [7, 11) is 0. The first-order chi connectivity index (χ1) is 18.2. The molecule has 216 valence electrons. The van der Waals surface area contributed by atoms with Gasteiger partial charge in [0.1, 0.15) is 11.6 Å². The molecule has 13 heteroatoms. The second-order valence-corrected chi connectivity index (χ2v) is 10.9. The van der Waals surface area contributed by atoms with Crippen LogP contribution in [0.5, 0.6) is 0 Å². The Bertz CT molecular complexity index is 1050. The van der Waals surface area contributed by atoms with E-state index in [0.717, 1.165) is 10.5 Å². The molecule has 2 fully saturated rings. The van der Waals surface area contributed by atoms with Crippen LogP contribution in [0.15, 0.2) is 30.3 Å². The zero-order valence-corrected chi connectivity index (χ0v) is 22.1. The van der Waals surface area contributed by atoms with E-state index in [9.17, 15) is 37.5 Å². The van der Waals surface area contributed by atoms with E-state index in [1.807, 2.05) is 0 Å². The molecular formula is C26H35F3N4O6. The van der Waals surface area contributed by atoms with Gasteiger partial charge in [-0.25, -0.2) is 4.79 Å². The van der Waals surface area contributed by atoms with Crippen molar-refractivity contribution in [1.29, 1.82) is 0 Å². The van der Waals surface area contributed by atoms with Crippen LogP contribution < -0.4 is 16.0 Å². The molecule has 0 saturated carbocycles. The average molecular weight is 557 g/mol. The molecule has 0 aliphatic carbocycles. The monoisotopic (exact) mass is 556 g/mol. The lowest BCUT2D eigenvalue weighted by atomic mass is 9.94. The summed E-state index contributed by atoms with van der Waals surface area (Å²) in [5.74, 6) is -4.71. The summed E-state index contributed by atoms with van der Waals surface area (Å²) in [6.07, 6.45) is -7.98. The van der Waals surface area contributed by atoms with Crippen LogP contribution in [0.4, 0.5) is 18.0 Å². The highest BCUT2D eigenvalue weighted by atomic mass is 19.4. The summed E-state index contributed by atoms with van der Waals surface area (Å²) < 4.78 is 45.9. The van der Waals surface area contributed by atoms with E-state index < -0.39 is 72.7 Å². The molecule has 0 aromatic heterocycles. The summed E-state index contributed by atoms with van der Waals surface area (Å²) in [6.45, 7) is 4.33. The first kappa shape index (κ1) is 30.2. The highest BCUT2D eigenvalue weighted by Crippen LogP contribution is 2.37. The van der Waals surface area contributed by atoms with Gasteiger partial charge in [-0.3, -0.25) is 19.3 Å². The Morgan fingerprint density at radius 3 is 2.41 bits per heavy atom. The lowest BCUT2D eigenvalue weighted by Gasteiger charge is -2.30. The average Bonchev–Trinajstić information content (AvgIpc) is 3.48. The molecule has 39 heavy (non-hydrogen) atoms. The van der Waals surface area contributed by atoms with Gasteiger partial charge in [0.25, 0.3) is 5.91 Å². The minimum atomic E-state index is -4.66. The lowest BCUT2D eigenvalue weighted by molar-refractivity contribution is -0.170. The second kappa shape index (κ2) is 12.2. The van der Waals surface area contributed by atoms with Gasteiger partial charge >= 0.3 is 12.3 Å². The number of rotatable bonds is 8. The summed E-state index contributed by atoms with van der Waals surface area (Å²) in [4.78, 5) is 51.7. The number of likely N-dealkylation sites (tertiary alicyclic amines) is 1. The van der Waals surface area contributed by atoms with E-state index >= 15 is 0 Å². The topological polar surface area (TPSA) is 137 Å². The molecule has 2 saturated heterocycles. The SMILES string of the molecule is CC(C)(C)OC(=O)N1C[C@H](C(F)(F)F)C[C@H]1C(=O)N[C@@H](C[C@@H]1CCNC1=O)C(O)C(=O)NCc1ccccc1. The van der Waals surface area contributed by atoms with Crippen molar-refractivity contribution >= 4 is 23.8 Å². The van der Waals surface area contributed by atoms with Crippen molar-refractivity contribution in [2.45, 2.75) is 76.5 Å². The number of nitrogens with one attached hydrogen (secondary N) is 3. The number of halogens is 3. The number of carbonyl (C=O) groups is 4. The number of aliphatic hydroxyl groups excluding tert-OH is 1. The number of carbonyl (C=O) groups excluding carboxylic acids is 4. The number of nitrogens with zero attached hydrogens (tertiary/aromatic N) is 1. The standard InChI is InChI=1S/C26H35F3N4O6/c1-25(2,3)39-24(38)33-14-17(26(27,28)29)12-19(33)22(36)32-18(11-16-9-10-30-21(16)35)20(34)23(37)31-13-15-7-5-4-6-8-15/h4-8,16-20,34H,9-14H2,1-3H3,(H,30,35)(H,31,37)(H,32,36)/t16-,17+,18-,19-,20?/m0/s1. The molecule has 1 unspecified atom stereocenters. The van der Waals surface area contributed by atoms with Gasteiger partial charge < -0.3 is 25.8 Å². The number of aliphatic hydroxyl groups is 1. The van der Waals surface area contributed by atoms with Crippen molar-refractivity contribution in [1.82, 2.24) is 20.9 Å². The minimum absolute atomic E-state index is 0.0869. The second-order valence-electron chi connectivity index (χ2n) is 10.9. The van der Waals surface area contributed by atoms with Gasteiger partial charge in [-0.1, -0.05) is 30.3 Å². The van der Waals surface area contributed by atoms with E-state index in [-0.39, 0.29) is 18.9 Å². The fourth-order valence-corrected chi connectivity index (χ4v) is 4.64. The molecule has 0 spiro atoms. The van der Waals surface area contributed by atoms with Gasteiger partial charge in [-0.05, 0) is 45.6 Å². The molecule has 2 heterocycles. The molecule has 1 aromatic rings.